The first-order valence-electron chi connectivity index (χ1n) is 7.25. The Bertz CT molecular complexity index is 987. The average Bonchev–Trinajstić information content (AvgIpc) is 3.02. The molecule has 0 amide bonds. The van der Waals surface area contributed by atoms with E-state index in [1.54, 1.807) is 13.0 Å². The molecule has 0 aliphatic carbocycles. The Morgan fingerprint density at radius 3 is 2.64 bits per heavy atom. The molecule has 0 radical (unpaired) electrons. The molecular weight excluding hydrogens is 334 g/mol. The smallest absolute Gasteiger partial charge is 0.379 e. The fourth-order valence-corrected chi connectivity index (χ4v) is 2.14. The van der Waals surface area contributed by atoms with Gasteiger partial charge in [-0.1, -0.05) is 0 Å². The van der Waals surface area contributed by atoms with Crippen LogP contribution in [-0.4, -0.2) is 37.4 Å². The zero-order valence-electron chi connectivity index (χ0n) is 13.2. The van der Waals surface area contributed by atoms with E-state index in [1.165, 1.54) is 17.6 Å². The summed E-state index contributed by atoms with van der Waals surface area (Å²) in [7, 11) is 0. The maximum Gasteiger partial charge on any atom is 0.379 e. The van der Waals surface area contributed by atoms with E-state index in [0.29, 0.717) is 5.69 Å². The van der Waals surface area contributed by atoms with Crippen LogP contribution in [0.4, 0.5) is 8.78 Å². The van der Waals surface area contributed by atoms with Gasteiger partial charge in [0.2, 0.25) is 5.78 Å². The molecule has 3 rings (SSSR count). The molecule has 3 aromatic rings. The third kappa shape index (κ3) is 3.21. The lowest BCUT2D eigenvalue weighted by atomic mass is 10.1. The Kier molecular flexibility index (Phi) is 4.22. The van der Waals surface area contributed by atoms with E-state index in [4.69, 9.17) is 4.74 Å². The number of halogens is 2. The number of Topliss-reactive ketones (excluding diaryl/α,β-unsaturated/α-hetero) is 1. The number of esters is 1. The molecule has 7 nitrogen and oxygen atoms in total. The highest BCUT2D eigenvalue weighted by Crippen LogP contribution is 2.13. The van der Waals surface area contributed by atoms with Gasteiger partial charge in [-0.05, 0) is 38.1 Å². The second-order valence-electron chi connectivity index (χ2n) is 5.27. The quantitative estimate of drug-likeness (QED) is 0.531. The third-order valence-corrected chi connectivity index (χ3v) is 3.47. The molecular formula is C16H12F2N4O3. The van der Waals surface area contributed by atoms with Crippen molar-refractivity contribution in [2.45, 2.75) is 20.0 Å². The van der Waals surface area contributed by atoms with E-state index < -0.39 is 29.5 Å². The first kappa shape index (κ1) is 16.6. The van der Waals surface area contributed by atoms with E-state index in [0.717, 1.165) is 18.2 Å². The van der Waals surface area contributed by atoms with Gasteiger partial charge in [0.25, 0.3) is 11.6 Å². The number of benzene rings is 1. The SMILES string of the molecule is Cc1ccnc2nc(C(=O)O[C@@H](C)C(=O)c3ccc(F)c(F)c3)nn12. The summed E-state index contributed by atoms with van der Waals surface area (Å²) < 4.78 is 32.5. The van der Waals surface area contributed by atoms with Crippen molar-refractivity contribution in [2.75, 3.05) is 0 Å². The number of hydrogen-bond acceptors (Lipinski definition) is 6. The summed E-state index contributed by atoms with van der Waals surface area (Å²) >= 11 is 0. The second kappa shape index (κ2) is 6.34. The molecule has 0 fully saturated rings. The largest absolute Gasteiger partial charge is 0.448 e. The van der Waals surface area contributed by atoms with Crippen LogP contribution in [0.3, 0.4) is 0 Å². The summed E-state index contributed by atoms with van der Waals surface area (Å²) in [5, 5.41) is 3.97. The van der Waals surface area contributed by atoms with Gasteiger partial charge in [-0.25, -0.2) is 23.1 Å². The molecule has 9 heteroatoms. The zero-order valence-corrected chi connectivity index (χ0v) is 13.2. The highest BCUT2D eigenvalue weighted by atomic mass is 19.2. The van der Waals surface area contributed by atoms with Gasteiger partial charge in [0.1, 0.15) is 0 Å². The fourth-order valence-electron chi connectivity index (χ4n) is 2.14. The van der Waals surface area contributed by atoms with Crippen molar-refractivity contribution in [2.24, 2.45) is 0 Å². The lowest BCUT2D eigenvalue weighted by Gasteiger charge is -2.11. The van der Waals surface area contributed by atoms with Gasteiger partial charge < -0.3 is 4.74 Å². The minimum atomic E-state index is -1.22. The van der Waals surface area contributed by atoms with Gasteiger partial charge in [-0.3, -0.25) is 4.79 Å². The van der Waals surface area contributed by atoms with E-state index in [-0.39, 0.29) is 17.2 Å². The van der Waals surface area contributed by atoms with E-state index in [9.17, 15) is 18.4 Å². The van der Waals surface area contributed by atoms with E-state index >= 15 is 0 Å². The minimum absolute atomic E-state index is 0.111. The molecule has 0 spiro atoms. The predicted molar refractivity (Wildman–Crippen MR) is 81.1 cm³/mol. The Labute approximate surface area is 140 Å². The lowest BCUT2D eigenvalue weighted by molar-refractivity contribution is 0.0307. The van der Waals surface area contributed by atoms with Crippen LogP contribution in [0.2, 0.25) is 0 Å². The monoisotopic (exact) mass is 346 g/mol. The predicted octanol–water partition coefficient (Wildman–Crippen LogP) is 2.14. The molecule has 0 N–H and O–H groups in total. The van der Waals surface area contributed by atoms with Gasteiger partial charge in [0, 0.05) is 17.5 Å². The van der Waals surface area contributed by atoms with Gasteiger partial charge in [-0.2, -0.15) is 4.98 Å². The summed E-state index contributed by atoms with van der Waals surface area (Å²) in [4.78, 5) is 32.2. The summed E-state index contributed by atoms with van der Waals surface area (Å²) in [6, 6.07) is 4.38. The van der Waals surface area contributed by atoms with Crippen molar-refractivity contribution < 1.29 is 23.1 Å². The van der Waals surface area contributed by atoms with Gasteiger partial charge in [-0.15, -0.1) is 5.10 Å². The van der Waals surface area contributed by atoms with Crippen molar-refractivity contribution in [3.05, 3.63) is 59.2 Å². The number of rotatable bonds is 4. The van der Waals surface area contributed by atoms with Crippen LogP contribution in [0.25, 0.3) is 5.78 Å². The molecule has 0 bridgehead atoms. The minimum Gasteiger partial charge on any atom is -0.448 e. The van der Waals surface area contributed by atoms with Crippen molar-refractivity contribution in [1.82, 2.24) is 19.6 Å². The molecule has 2 heterocycles. The van der Waals surface area contributed by atoms with E-state index in [1.807, 2.05) is 0 Å². The Morgan fingerprint density at radius 1 is 1.20 bits per heavy atom. The highest BCUT2D eigenvalue weighted by molar-refractivity contribution is 6.01. The average molecular weight is 346 g/mol. The number of aromatic nitrogens is 4. The molecule has 0 unspecified atom stereocenters. The molecule has 0 saturated heterocycles. The number of carbonyl (C=O) groups is 2. The van der Waals surface area contributed by atoms with Crippen LogP contribution < -0.4 is 0 Å². The number of carbonyl (C=O) groups excluding carboxylic acids is 2. The van der Waals surface area contributed by atoms with Crippen LogP contribution >= 0.6 is 0 Å². The zero-order chi connectivity index (χ0) is 18.1. The number of hydrogen-bond donors (Lipinski definition) is 0. The normalized spacial score (nSPS) is 12.2. The van der Waals surface area contributed by atoms with Crippen LogP contribution in [0, 0.1) is 18.6 Å². The maximum atomic E-state index is 13.2. The summed E-state index contributed by atoms with van der Waals surface area (Å²) in [6.07, 6.45) is 0.294. The molecule has 0 saturated carbocycles. The molecule has 2 aromatic heterocycles. The van der Waals surface area contributed by atoms with Crippen molar-refractivity contribution >= 4 is 17.5 Å². The third-order valence-electron chi connectivity index (χ3n) is 3.47. The molecule has 128 valence electrons. The maximum absolute atomic E-state index is 13.2. The lowest BCUT2D eigenvalue weighted by Crippen LogP contribution is -2.25. The van der Waals surface area contributed by atoms with Crippen molar-refractivity contribution in [3.8, 4) is 0 Å². The van der Waals surface area contributed by atoms with Crippen LogP contribution in [0.1, 0.15) is 33.6 Å². The van der Waals surface area contributed by atoms with Crippen LogP contribution in [0.5, 0.6) is 0 Å². The Morgan fingerprint density at radius 2 is 1.96 bits per heavy atom. The molecule has 0 aliphatic rings. The van der Waals surface area contributed by atoms with Gasteiger partial charge >= 0.3 is 5.97 Å². The molecule has 0 aliphatic heterocycles. The van der Waals surface area contributed by atoms with Crippen molar-refractivity contribution in [3.63, 3.8) is 0 Å². The first-order chi connectivity index (χ1) is 11.9. The van der Waals surface area contributed by atoms with Crippen LogP contribution in [-0.2, 0) is 4.74 Å². The Hall–Kier alpha value is -3.23. The topological polar surface area (TPSA) is 86.5 Å². The molecule has 25 heavy (non-hydrogen) atoms. The summed E-state index contributed by atoms with van der Waals surface area (Å²) in [5.74, 6) is -3.87. The summed E-state index contributed by atoms with van der Waals surface area (Å²) in [6.45, 7) is 3.08. The summed E-state index contributed by atoms with van der Waals surface area (Å²) in [5.41, 5.74) is 0.599. The second-order valence-corrected chi connectivity index (χ2v) is 5.27. The van der Waals surface area contributed by atoms with Crippen molar-refractivity contribution in [1.29, 1.82) is 0 Å². The first-order valence-corrected chi connectivity index (χ1v) is 7.25. The van der Waals surface area contributed by atoms with Crippen LogP contribution in [0.15, 0.2) is 30.5 Å². The number of ketones is 1. The molecule has 1 atom stereocenters. The number of ether oxygens (including phenoxy) is 1. The number of aryl methyl sites for hydroxylation is 1. The van der Waals surface area contributed by atoms with Gasteiger partial charge in [0.05, 0.1) is 0 Å². The van der Waals surface area contributed by atoms with Gasteiger partial charge in [0.15, 0.2) is 17.7 Å². The molecule has 1 aromatic carbocycles. The fraction of sp³-hybridized carbons (Fsp3) is 0.188. The van der Waals surface area contributed by atoms with E-state index in [2.05, 4.69) is 15.1 Å². The Balaban J connectivity index is 1.77. The standard InChI is InChI=1S/C16H12F2N4O3/c1-8-5-6-19-16-20-14(21-22(8)16)15(24)25-9(2)13(23)10-3-4-11(17)12(18)7-10/h3-7,9H,1-2H3/t9-/m0/s1. The highest BCUT2D eigenvalue weighted by Gasteiger charge is 2.24. The number of fused-ring (bicyclic) bond motifs is 1. The number of nitrogens with zero attached hydrogens (tertiary/aromatic N) is 4.